The third kappa shape index (κ3) is 5.74. The van der Waals surface area contributed by atoms with E-state index in [0.717, 1.165) is 0 Å². The minimum atomic E-state index is -1.04. The lowest BCUT2D eigenvalue weighted by molar-refractivity contribution is -0.117. The molecule has 0 spiro atoms. The Balaban J connectivity index is 2.70. The molecule has 114 valence electrons. The molecule has 0 aliphatic carbocycles. The average Bonchev–Trinajstić information content (AvgIpc) is 2.43. The van der Waals surface area contributed by atoms with Crippen LogP contribution >= 0.6 is 11.8 Å². The van der Waals surface area contributed by atoms with Crippen LogP contribution < -0.4 is 16.4 Å². The first kappa shape index (κ1) is 16.8. The van der Waals surface area contributed by atoms with Gasteiger partial charge in [-0.1, -0.05) is 0 Å². The van der Waals surface area contributed by atoms with E-state index in [1.54, 1.807) is 11.8 Å². The van der Waals surface area contributed by atoms with Crippen LogP contribution in [0.4, 0.5) is 10.5 Å². The Morgan fingerprint density at radius 2 is 1.90 bits per heavy atom. The number of primary amides is 1. The van der Waals surface area contributed by atoms with Crippen molar-refractivity contribution in [2.45, 2.75) is 12.5 Å². The van der Waals surface area contributed by atoms with E-state index in [2.05, 4.69) is 10.6 Å². The number of carboxylic acids is 1. The van der Waals surface area contributed by atoms with E-state index in [0.29, 0.717) is 17.9 Å². The molecule has 21 heavy (non-hydrogen) atoms. The number of carbonyl (C=O) groups is 3. The molecule has 8 heteroatoms. The van der Waals surface area contributed by atoms with Crippen LogP contribution in [0.15, 0.2) is 24.3 Å². The van der Waals surface area contributed by atoms with E-state index in [9.17, 15) is 14.4 Å². The van der Waals surface area contributed by atoms with Crippen molar-refractivity contribution in [2.75, 3.05) is 17.3 Å². The third-order valence-electron chi connectivity index (χ3n) is 2.64. The van der Waals surface area contributed by atoms with Crippen LogP contribution in [0.25, 0.3) is 0 Å². The Labute approximate surface area is 126 Å². The number of hydrogen-bond acceptors (Lipinski definition) is 4. The fourth-order valence-electron chi connectivity index (χ4n) is 1.60. The Morgan fingerprint density at radius 3 is 2.38 bits per heavy atom. The summed E-state index contributed by atoms with van der Waals surface area (Å²) in [6.45, 7) is 0. The highest BCUT2D eigenvalue weighted by molar-refractivity contribution is 7.98. The number of aromatic carboxylic acids is 1. The van der Waals surface area contributed by atoms with Crippen molar-refractivity contribution >= 4 is 35.4 Å². The lowest BCUT2D eigenvalue weighted by atomic mass is 10.2. The molecule has 1 atom stereocenters. The number of thioether (sulfide) groups is 1. The Morgan fingerprint density at radius 1 is 1.29 bits per heavy atom. The summed E-state index contributed by atoms with van der Waals surface area (Å²) in [6.07, 6.45) is 2.34. The fourth-order valence-corrected chi connectivity index (χ4v) is 2.07. The van der Waals surface area contributed by atoms with Gasteiger partial charge in [-0.25, -0.2) is 9.59 Å². The first-order valence-corrected chi connectivity index (χ1v) is 7.52. The van der Waals surface area contributed by atoms with Crippen molar-refractivity contribution < 1.29 is 19.5 Å². The molecular formula is C13H17N3O4S. The molecule has 5 N–H and O–H groups in total. The molecule has 0 saturated heterocycles. The van der Waals surface area contributed by atoms with Crippen LogP contribution in [0, 0.1) is 0 Å². The van der Waals surface area contributed by atoms with Crippen molar-refractivity contribution in [3.05, 3.63) is 29.8 Å². The zero-order chi connectivity index (χ0) is 15.8. The van der Waals surface area contributed by atoms with Gasteiger partial charge in [0.1, 0.15) is 6.04 Å². The van der Waals surface area contributed by atoms with Gasteiger partial charge in [-0.2, -0.15) is 11.8 Å². The number of hydrogen-bond donors (Lipinski definition) is 4. The van der Waals surface area contributed by atoms with E-state index < -0.39 is 23.9 Å². The fraction of sp³-hybridized carbons (Fsp3) is 0.308. The Hall–Kier alpha value is -2.22. The van der Waals surface area contributed by atoms with E-state index in [1.165, 1.54) is 24.3 Å². The monoisotopic (exact) mass is 311 g/mol. The quantitative estimate of drug-likeness (QED) is 0.601. The number of amides is 3. The van der Waals surface area contributed by atoms with Gasteiger partial charge in [0, 0.05) is 5.69 Å². The first-order chi connectivity index (χ1) is 9.93. The lowest BCUT2D eigenvalue weighted by Gasteiger charge is -2.16. The number of benzene rings is 1. The summed E-state index contributed by atoms with van der Waals surface area (Å²) in [6, 6.07) is 4.24. The Kier molecular flexibility index (Phi) is 6.54. The summed E-state index contributed by atoms with van der Waals surface area (Å²) in [5.74, 6) is -0.747. The minimum Gasteiger partial charge on any atom is -0.478 e. The topological polar surface area (TPSA) is 122 Å². The summed E-state index contributed by atoms with van der Waals surface area (Å²) in [5, 5.41) is 13.8. The molecule has 7 nitrogen and oxygen atoms in total. The van der Waals surface area contributed by atoms with E-state index in [1.807, 2.05) is 6.26 Å². The van der Waals surface area contributed by atoms with Crippen LogP contribution in [-0.2, 0) is 4.79 Å². The zero-order valence-electron chi connectivity index (χ0n) is 11.5. The number of carbonyl (C=O) groups excluding carboxylic acids is 2. The molecule has 1 aromatic carbocycles. The number of rotatable bonds is 7. The van der Waals surface area contributed by atoms with E-state index in [4.69, 9.17) is 10.8 Å². The molecule has 3 amide bonds. The smallest absolute Gasteiger partial charge is 0.335 e. The second-order valence-electron chi connectivity index (χ2n) is 4.21. The van der Waals surface area contributed by atoms with Gasteiger partial charge in [-0.05, 0) is 42.7 Å². The molecule has 0 radical (unpaired) electrons. The zero-order valence-corrected chi connectivity index (χ0v) is 12.3. The van der Waals surface area contributed by atoms with Gasteiger partial charge in [0.2, 0.25) is 5.91 Å². The lowest BCUT2D eigenvalue weighted by Crippen LogP contribution is -2.46. The predicted molar refractivity (Wildman–Crippen MR) is 81.5 cm³/mol. The standard InChI is InChI=1S/C13H17N3O4S/c1-21-7-6-10(16-13(14)20)11(17)15-9-4-2-8(3-5-9)12(18)19/h2-5,10H,6-7H2,1H3,(H,15,17)(H,18,19)(H3,14,16,20). The summed E-state index contributed by atoms with van der Waals surface area (Å²) in [4.78, 5) is 33.7. The molecule has 1 aromatic rings. The maximum absolute atomic E-state index is 12.1. The van der Waals surface area contributed by atoms with Crippen LogP contribution in [-0.4, -0.2) is 41.1 Å². The highest BCUT2D eigenvalue weighted by Crippen LogP contribution is 2.11. The number of nitrogens with two attached hydrogens (primary N) is 1. The van der Waals surface area contributed by atoms with Crippen LogP contribution in [0.5, 0.6) is 0 Å². The van der Waals surface area contributed by atoms with E-state index in [-0.39, 0.29) is 5.56 Å². The van der Waals surface area contributed by atoms with Gasteiger partial charge < -0.3 is 21.5 Å². The number of urea groups is 1. The molecular weight excluding hydrogens is 294 g/mol. The van der Waals surface area contributed by atoms with E-state index >= 15 is 0 Å². The number of carboxylic acid groups (broad SMARTS) is 1. The van der Waals surface area contributed by atoms with Gasteiger partial charge in [0.05, 0.1) is 5.56 Å². The molecule has 0 saturated carbocycles. The molecule has 0 fully saturated rings. The second-order valence-corrected chi connectivity index (χ2v) is 5.20. The average molecular weight is 311 g/mol. The van der Waals surface area contributed by atoms with Gasteiger partial charge >= 0.3 is 12.0 Å². The van der Waals surface area contributed by atoms with Crippen molar-refractivity contribution in [3.63, 3.8) is 0 Å². The molecule has 0 aromatic heterocycles. The van der Waals surface area contributed by atoms with Gasteiger partial charge in [-0.15, -0.1) is 0 Å². The van der Waals surface area contributed by atoms with Crippen molar-refractivity contribution in [3.8, 4) is 0 Å². The maximum atomic E-state index is 12.1. The second kappa shape index (κ2) is 8.15. The van der Waals surface area contributed by atoms with Gasteiger partial charge in [0.25, 0.3) is 0 Å². The summed E-state index contributed by atoms with van der Waals surface area (Å²) in [7, 11) is 0. The van der Waals surface area contributed by atoms with Crippen molar-refractivity contribution in [2.24, 2.45) is 5.73 Å². The molecule has 1 rings (SSSR count). The minimum absolute atomic E-state index is 0.127. The van der Waals surface area contributed by atoms with Crippen LogP contribution in [0.3, 0.4) is 0 Å². The largest absolute Gasteiger partial charge is 0.478 e. The predicted octanol–water partition coefficient (Wildman–Crippen LogP) is 1.11. The van der Waals surface area contributed by atoms with Gasteiger partial charge in [0.15, 0.2) is 0 Å². The SMILES string of the molecule is CSCCC(NC(N)=O)C(=O)Nc1ccc(C(=O)O)cc1. The summed E-state index contributed by atoms with van der Waals surface area (Å²) < 4.78 is 0. The number of anilines is 1. The van der Waals surface area contributed by atoms with Crippen LogP contribution in [0.1, 0.15) is 16.8 Å². The molecule has 0 aliphatic heterocycles. The van der Waals surface area contributed by atoms with Crippen LogP contribution in [0.2, 0.25) is 0 Å². The first-order valence-electron chi connectivity index (χ1n) is 6.13. The summed E-state index contributed by atoms with van der Waals surface area (Å²) in [5.41, 5.74) is 5.62. The molecule has 0 bridgehead atoms. The third-order valence-corrected chi connectivity index (χ3v) is 3.29. The molecule has 0 aliphatic rings. The van der Waals surface area contributed by atoms with Crippen molar-refractivity contribution in [1.82, 2.24) is 5.32 Å². The van der Waals surface area contributed by atoms with Crippen molar-refractivity contribution in [1.29, 1.82) is 0 Å². The highest BCUT2D eigenvalue weighted by atomic mass is 32.2. The molecule has 1 unspecified atom stereocenters. The Bertz CT molecular complexity index is 519. The molecule has 0 heterocycles. The van der Waals surface area contributed by atoms with Gasteiger partial charge in [-0.3, -0.25) is 4.79 Å². The summed E-state index contributed by atoms with van der Waals surface area (Å²) >= 11 is 1.55. The normalized spacial score (nSPS) is 11.5. The number of nitrogens with one attached hydrogen (secondary N) is 2. The highest BCUT2D eigenvalue weighted by Gasteiger charge is 2.19. The maximum Gasteiger partial charge on any atom is 0.335 e.